The molecule has 2 heterocycles. The van der Waals surface area contributed by atoms with E-state index in [9.17, 15) is 4.79 Å². The minimum Gasteiger partial charge on any atom is -0.353 e. The van der Waals surface area contributed by atoms with Crippen LogP contribution in [0.5, 0.6) is 0 Å². The van der Waals surface area contributed by atoms with Gasteiger partial charge in [0.1, 0.15) is 0 Å². The largest absolute Gasteiger partial charge is 0.353 e. The molecule has 1 aromatic carbocycles. The van der Waals surface area contributed by atoms with Crippen molar-refractivity contribution in [2.45, 2.75) is 56.8 Å². The Morgan fingerprint density at radius 3 is 2.41 bits per heavy atom. The van der Waals surface area contributed by atoms with E-state index in [2.05, 4.69) is 40.5 Å². The highest BCUT2D eigenvalue weighted by molar-refractivity contribution is 5.85. The minimum atomic E-state index is 0. The molecule has 2 bridgehead atoms. The van der Waals surface area contributed by atoms with Crippen molar-refractivity contribution < 1.29 is 4.79 Å². The minimum absolute atomic E-state index is 0. The highest BCUT2D eigenvalue weighted by Crippen LogP contribution is 2.36. The van der Waals surface area contributed by atoms with Gasteiger partial charge in [-0.3, -0.25) is 9.69 Å². The van der Waals surface area contributed by atoms with Crippen molar-refractivity contribution in [3.8, 4) is 0 Å². The predicted octanol–water partition coefficient (Wildman–Crippen LogP) is 2.07. The number of halogens is 1. The fourth-order valence-electron chi connectivity index (χ4n) is 3.88. The summed E-state index contributed by atoms with van der Waals surface area (Å²) in [4.78, 5) is 14.4. The van der Waals surface area contributed by atoms with Crippen molar-refractivity contribution in [2.24, 2.45) is 5.73 Å². The number of carbonyl (C=O) groups is 1. The van der Waals surface area contributed by atoms with Crippen molar-refractivity contribution in [3.05, 3.63) is 35.9 Å². The Morgan fingerprint density at radius 2 is 1.82 bits per heavy atom. The fraction of sp³-hybridized carbons (Fsp3) is 0.588. The Morgan fingerprint density at radius 1 is 1.18 bits per heavy atom. The number of benzene rings is 1. The average molecular weight is 324 g/mol. The topological polar surface area (TPSA) is 58.4 Å². The van der Waals surface area contributed by atoms with E-state index in [-0.39, 0.29) is 18.3 Å². The molecule has 2 aliphatic heterocycles. The van der Waals surface area contributed by atoms with E-state index in [0.717, 1.165) is 19.4 Å². The Balaban J connectivity index is 0.00000176. The fourth-order valence-corrected chi connectivity index (χ4v) is 3.88. The monoisotopic (exact) mass is 323 g/mol. The zero-order chi connectivity index (χ0) is 14.7. The summed E-state index contributed by atoms with van der Waals surface area (Å²) >= 11 is 0. The van der Waals surface area contributed by atoms with Gasteiger partial charge in [-0.15, -0.1) is 12.4 Å². The maximum atomic E-state index is 11.7. The van der Waals surface area contributed by atoms with Crippen LogP contribution in [-0.4, -0.2) is 35.5 Å². The van der Waals surface area contributed by atoms with Crippen molar-refractivity contribution in [2.75, 3.05) is 6.54 Å². The van der Waals surface area contributed by atoms with E-state index < -0.39 is 0 Å². The van der Waals surface area contributed by atoms with Gasteiger partial charge in [-0.1, -0.05) is 30.3 Å². The number of rotatable bonds is 5. The number of piperidine rings is 1. The van der Waals surface area contributed by atoms with E-state index in [1.807, 2.05) is 0 Å². The van der Waals surface area contributed by atoms with Gasteiger partial charge in [0.2, 0.25) is 5.91 Å². The molecule has 2 unspecified atom stereocenters. The molecule has 122 valence electrons. The number of nitrogens with zero attached hydrogens (tertiary/aromatic N) is 1. The van der Waals surface area contributed by atoms with Crippen LogP contribution in [0.25, 0.3) is 0 Å². The molecule has 0 spiro atoms. The average Bonchev–Trinajstić information content (AvgIpc) is 2.71. The summed E-state index contributed by atoms with van der Waals surface area (Å²) in [5.74, 6) is 0.110. The summed E-state index contributed by atoms with van der Waals surface area (Å²) < 4.78 is 0. The molecule has 22 heavy (non-hydrogen) atoms. The molecule has 0 aliphatic carbocycles. The lowest BCUT2D eigenvalue weighted by atomic mass is 9.96. The van der Waals surface area contributed by atoms with Gasteiger partial charge in [-0.25, -0.2) is 0 Å². The van der Waals surface area contributed by atoms with Crippen LogP contribution in [0.15, 0.2) is 30.3 Å². The molecule has 2 saturated heterocycles. The molecule has 2 aliphatic rings. The maximum Gasteiger partial charge on any atom is 0.221 e. The molecule has 0 saturated carbocycles. The van der Waals surface area contributed by atoms with Gasteiger partial charge in [-0.05, 0) is 31.2 Å². The number of hydrogen-bond donors (Lipinski definition) is 2. The Bertz CT molecular complexity index is 468. The first-order valence-corrected chi connectivity index (χ1v) is 8.05. The Labute approximate surface area is 138 Å². The van der Waals surface area contributed by atoms with Gasteiger partial charge in [0.25, 0.3) is 0 Å². The van der Waals surface area contributed by atoms with E-state index in [1.165, 1.54) is 18.4 Å². The van der Waals surface area contributed by atoms with Crippen molar-refractivity contribution in [1.29, 1.82) is 0 Å². The molecule has 4 nitrogen and oxygen atoms in total. The molecular formula is C17H26ClN3O. The van der Waals surface area contributed by atoms with Gasteiger partial charge < -0.3 is 11.1 Å². The smallest absolute Gasteiger partial charge is 0.221 e. The third-order valence-corrected chi connectivity index (χ3v) is 4.83. The molecule has 2 atom stereocenters. The quantitative estimate of drug-likeness (QED) is 0.872. The summed E-state index contributed by atoms with van der Waals surface area (Å²) in [6.07, 6.45) is 5.14. The van der Waals surface area contributed by atoms with Crippen LogP contribution in [0.2, 0.25) is 0 Å². The van der Waals surface area contributed by atoms with Crippen molar-refractivity contribution in [1.82, 2.24) is 10.2 Å². The van der Waals surface area contributed by atoms with Crippen LogP contribution >= 0.6 is 12.4 Å². The van der Waals surface area contributed by atoms with E-state index in [1.54, 1.807) is 0 Å². The number of nitrogens with one attached hydrogen (secondary N) is 1. The van der Waals surface area contributed by atoms with E-state index >= 15 is 0 Å². The van der Waals surface area contributed by atoms with Gasteiger partial charge >= 0.3 is 0 Å². The summed E-state index contributed by atoms with van der Waals surface area (Å²) in [6.45, 7) is 1.48. The number of hydrogen-bond acceptors (Lipinski definition) is 3. The van der Waals surface area contributed by atoms with E-state index in [0.29, 0.717) is 31.1 Å². The first kappa shape index (κ1) is 17.3. The lowest BCUT2D eigenvalue weighted by Gasteiger charge is -2.39. The summed E-state index contributed by atoms with van der Waals surface area (Å²) in [6, 6.07) is 12.3. The van der Waals surface area contributed by atoms with Crippen LogP contribution in [0.3, 0.4) is 0 Å². The molecule has 3 rings (SSSR count). The zero-order valence-corrected chi connectivity index (χ0v) is 13.7. The third-order valence-electron chi connectivity index (χ3n) is 4.83. The van der Waals surface area contributed by atoms with E-state index in [4.69, 9.17) is 5.73 Å². The number of amides is 1. The summed E-state index contributed by atoms with van der Waals surface area (Å²) in [5, 5.41) is 3.16. The van der Waals surface area contributed by atoms with Crippen molar-refractivity contribution in [3.63, 3.8) is 0 Å². The molecular weight excluding hydrogens is 298 g/mol. The van der Waals surface area contributed by atoms with Crippen molar-refractivity contribution >= 4 is 18.3 Å². The summed E-state index contributed by atoms with van der Waals surface area (Å²) in [5.41, 5.74) is 6.83. The second-order valence-corrected chi connectivity index (χ2v) is 6.32. The number of fused-ring (bicyclic) bond motifs is 2. The van der Waals surface area contributed by atoms with Crippen LogP contribution in [0.4, 0.5) is 0 Å². The first-order chi connectivity index (χ1) is 10.3. The lowest BCUT2D eigenvalue weighted by molar-refractivity contribution is -0.122. The van der Waals surface area contributed by atoms with Gasteiger partial charge in [0.05, 0.1) is 0 Å². The highest BCUT2D eigenvalue weighted by atomic mass is 35.5. The lowest BCUT2D eigenvalue weighted by Crippen LogP contribution is -2.50. The van der Waals surface area contributed by atoms with Gasteiger partial charge in [-0.2, -0.15) is 0 Å². The molecule has 5 heteroatoms. The molecule has 1 aromatic rings. The van der Waals surface area contributed by atoms with Crippen LogP contribution < -0.4 is 11.1 Å². The highest BCUT2D eigenvalue weighted by Gasteiger charge is 2.40. The second-order valence-electron chi connectivity index (χ2n) is 6.32. The standard InChI is InChI=1S/C17H25N3O.ClH/c18-9-8-17(21)19-14-10-15-6-7-16(11-14)20(15)12-13-4-2-1-3-5-13;/h1-5,14-16H,6-12,18H2,(H,19,21);1H. The third kappa shape index (κ3) is 4.00. The normalized spacial score (nSPS) is 27.2. The molecule has 0 aromatic heterocycles. The van der Waals surface area contributed by atoms with Crippen LogP contribution in [0.1, 0.15) is 37.7 Å². The van der Waals surface area contributed by atoms with Crippen LogP contribution in [0, 0.1) is 0 Å². The maximum absolute atomic E-state index is 11.7. The van der Waals surface area contributed by atoms with Gasteiger partial charge in [0.15, 0.2) is 0 Å². The second kappa shape index (κ2) is 7.95. The SMILES string of the molecule is Cl.NCCC(=O)NC1CC2CCC(C1)N2Cc1ccccc1. The molecule has 0 radical (unpaired) electrons. The Hall–Kier alpha value is -1.10. The first-order valence-electron chi connectivity index (χ1n) is 8.05. The number of nitrogens with two attached hydrogens (primary N) is 1. The predicted molar refractivity (Wildman–Crippen MR) is 90.9 cm³/mol. The van der Waals surface area contributed by atoms with Gasteiger partial charge in [0, 0.05) is 37.6 Å². The number of carbonyl (C=O) groups excluding carboxylic acids is 1. The molecule has 1 amide bonds. The zero-order valence-electron chi connectivity index (χ0n) is 12.9. The molecule has 2 fully saturated rings. The van der Waals surface area contributed by atoms with Crippen LogP contribution in [-0.2, 0) is 11.3 Å². The summed E-state index contributed by atoms with van der Waals surface area (Å²) in [7, 11) is 0. The Kier molecular flexibility index (Phi) is 6.24. The molecule has 3 N–H and O–H groups in total.